The quantitative estimate of drug-likeness (QED) is 0.509. The maximum atomic E-state index is 14.7. The van der Waals surface area contributed by atoms with Gasteiger partial charge >= 0.3 is 0 Å². The lowest BCUT2D eigenvalue weighted by atomic mass is 10.1. The van der Waals surface area contributed by atoms with Crippen molar-refractivity contribution < 1.29 is 9.50 Å². The van der Waals surface area contributed by atoms with Crippen molar-refractivity contribution in [2.45, 2.75) is 13.3 Å². The van der Waals surface area contributed by atoms with Crippen molar-refractivity contribution in [2.75, 3.05) is 5.32 Å². The normalized spacial score (nSPS) is 11.0. The number of rotatable bonds is 4. The van der Waals surface area contributed by atoms with Gasteiger partial charge in [-0.1, -0.05) is 12.1 Å². The summed E-state index contributed by atoms with van der Waals surface area (Å²) in [4.78, 5) is 11.8. The zero-order chi connectivity index (χ0) is 18.1. The summed E-state index contributed by atoms with van der Waals surface area (Å²) >= 11 is 0. The Kier molecular flexibility index (Phi) is 4.01. The van der Waals surface area contributed by atoms with Gasteiger partial charge < -0.3 is 15.4 Å². The number of anilines is 2. The van der Waals surface area contributed by atoms with E-state index < -0.39 is 0 Å². The van der Waals surface area contributed by atoms with Gasteiger partial charge in [0.1, 0.15) is 17.4 Å². The van der Waals surface area contributed by atoms with E-state index in [2.05, 4.69) is 20.3 Å². The number of phenols is 1. The summed E-state index contributed by atoms with van der Waals surface area (Å²) in [5.74, 6) is 0.981. The summed E-state index contributed by atoms with van der Waals surface area (Å²) in [7, 11) is 0. The summed E-state index contributed by atoms with van der Waals surface area (Å²) in [5, 5.41) is 13.1. The molecule has 0 spiro atoms. The van der Waals surface area contributed by atoms with E-state index >= 15 is 0 Å². The number of hydrogen-bond donors (Lipinski definition) is 3. The maximum Gasteiger partial charge on any atom is 0.156 e. The van der Waals surface area contributed by atoms with Crippen LogP contribution >= 0.6 is 0 Å². The molecule has 0 amide bonds. The first-order valence-electron chi connectivity index (χ1n) is 8.23. The number of aromatic hydroxyl groups is 1. The Hall–Kier alpha value is -3.41. The van der Waals surface area contributed by atoms with Crippen LogP contribution < -0.4 is 5.32 Å². The number of hydrogen-bond acceptors (Lipinski definition) is 4. The van der Waals surface area contributed by atoms with Gasteiger partial charge in [0.05, 0.1) is 5.69 Å². The van der Waals surface area contributed by atoms with Crippen LogP contribution in [-0.4, -0.2) is 20.1 Å². The molecular weight excluding hydrogens is 331 g/mol. The topological polar surface area (TPSA) is 73.8 Å². The van der Waals surface area contributed by atoms with Gasteiger partial charge in [-0.25, -0.2) is 14.4 Å². The number of aryl methyl sites for hydroxylation is 1. The minimum atomic E-state index is -0.319. The molecule has 0 atom stereocenters. The fraction of sp³-hybridized carbons (Fsp3) is 0.100. The van der Waals surface area contributed by atoms with Gasteiger partial charge in [0.2, 0.25) is 0 Å². The summed E-state index contributed by atoms with van der Waals surface area (Å²) < 4.78 is 14.7. The zero-order valence-corrected chi connectivity index (χ0v) is 14.1. The second kappa shape index (κ2) is 6.48. The highest BCUT2D eigenvalue weighted by atomic mass is 19.1. The number of aromatic amines is 1. The molecule has 0 bridgehead atoms. The SMILES string of the molecule is Cc1cc2c(F)c(Nc3ccnc(Cc4cccc(O)c4)n3)ccc2[nH]1. The average Bonchev–Trinajstić information content (AvgIpc) is 2.99. The summed E-state index contributed by atoms with van der Waals surface area (Å²) in [6.45, 7) is 1.89. The molecule has 0 saturated carbocycles. The summed E-state index contributed by atoms with van der Waals surface area (Å²) in [6.07, 6.45) is 2.10. The molecule has 0 aliphatic heterocycles. The molecule has 4 aromatic rings. The second-order valence-corrected chi connectivity index (χ2v) is 6.17. The number of aromatic nitrogens is 3. The van der Waals surface area contributed by atoms with Crippen molar-refractivity contribution >= 4 is 22.4 Å². The van der Waals surface area contributed by atoms with Crippen LogP contribution in [0.15, 0.2) is 54.7 Å². The summed E-state index contributed by atoms with van der Waals surface area (Å²) in [6, 6.07) is 13.9. The van der Waals surface area contributed by atoms with Crippen LogP contribution in [0.25, 0.3) is 10.9 Å². The number of H-pyrrole nitrogens is 1. The molecule has 5 nitrogen and oxygen atoms in total. The Morgan fingerprint density at radius 2 is 2.04 bits per heavy atom. The van der Waals surface area contributed by atoms with Crippen molar-refractivity contribution in [3.05, 3.63) is 77.6 Å². The summed E-state index contributed by atoms with van der Waals surface area (Å²) in [5.41, 5.74) is 2.93. The molecule has 0 aliphatic rings. The van der Waals surface area contributed by atoms with E-state index in [1.807, 2.05) is 19.1 Å². The highest BCUT2D eigenvalue weighted by molar-refractivity contribution is 5.85. The molecule has 2 heterocycles. The lowest BCUT2D eigenvalue weighted by Crippen LogP contribution is -2.01. The van der Waals surface area contributed by atoms with E-state index in [4.69, 9.17) is 0 Å². The van der Waals surface area contributed by atoms with E-state index in [1.54, 1.807) is 42.6 Å². The van der Waals surface area contributed by atoms with Crippen molar-refractivity contribution in [2.24, 2.45) is 0 Å². The first kappa shape index (κ1) is 16.1. The third-order valence-corrected chi connectivity index (χ3v) is 4.11. The molecular formula is C20H17FN4O. The molecule has 0 fully saturated rings. The molecule has 3 N–H and O–H groups in total. The molecule has 2 aromatic carbocycles. The van der Waals surface area contributed by atoms with Gasteiger partial charge in [0, 0.05) is 29.2 Å². The smallest absolute Gasteiger partial charge is 0.156 e. The van der Waals surface area contributed by atoms with Crippen molar-refractivity contribution in [3.8, 4) is 5.75 Å². The largest absolute Gasteiger partial charge is 0.508 e. The van der Waals surface area contributed by atoms with E-state index in [9.17, 15) is 9.50 Å². The Morgan fingerprint density at radius 3 is 2.88 bits per heavy atom. The van der Waals surface area contributed by atoms with Crippen LogP contribution in [0.1, 0.15) is 17.1 Å². The predicted molar refractivity (Wildman–Crippen MR) is 99.2 cm³/mol. The van der Waals surface area contributed by atoms with Gasteiger partial charge in [-0.15, -0.1) is 0 Å². The Labute approximate surface area is 149 Å². The molecule has 4 rings (SSSR count). The number of fused-ring (bicyclic) bond motifs is 1. The van der Waals surface area contributed by atoms with Gasteiger partial charge in [-0.3, -0.25) is 0 Å². The zero-order valence-electron chi connectivity index (χ0n) is 14.1. The van der Waals surface area contributed by atoms with Crippen molar-refractivity contribution in [3.63, 3.8) is 0 Å². The molecule has 130 valence electrons. The Balaban J connectivity index is 1.60. The van der Waals surface area contributed by atoms with E-state index in [-0.39, 0.29) is 11.6 Å². The molecule has 0 aliphatic carbocycles. The highest BCUT2D eigenvalue weighted by Gasteiger charge is 2.10. The fourth-order valence-corrected chi connectivity index (χ4v) is 2.95. The molecule has 2 aromatic heterocycles. The first-order chi connectivity index (χ1) is 12.6. The third-order valence-electron chi connectivity index (χ3n) is 4.11. The van der Waals surface area contributed by atoms with E-state index in [1.165, 1.54) is 0 Å². The number of halogens is 1. The first-order valence-corrected chi connectivity index (χ1v) is 8.23. The lowest BCUT2D eigenvalue weighted by Gasteiger charge is -2.09. The number of benzene rings is 2. The van der Waals surface area contributed by atoms with E-state index in [0.29, 0.717) is 29.1 Å². The van der Waals surface area contributed by atoms with Crippen LogP contribution in [0.4, 0.5) is 15.9 Å². The minimum Gasteiger partial charge on any atom is -0.508 e. The highest BCUT2D eigenvalue weighted by Crippen LogP contribution is 2.27. The molecule has 0 unspecified atom stereocenters. The van der Waals surface area contributed by atoms with Gasteiger partial charge in [0.25, 0.3) is 0 Å². The molecule has 26 heavy (non-hydrogen) atoms. The van der Waals surface area contributed by atoms with E-state index in [0.717, 1.165) is 16.8 Å². The monoisotopic (exact) mass is 348 g/mol. The molecule has 0 radical (unpaired) electrons. The molecule has 0 saturated heterocycles. The number of phenolic OH excluding ortho intramolecular Hbond substituents is 1. The van der Waals surface area contributed by atoms with Crippen molar-refractivity contribution in [1.82, 2.24) is 15.0 Å². The van der Waals surface area contributed by atoms with Crippen LogP contribution in [0, 0.1) is 12.7 Å². The number of nitrogens with zero attached hydrogens (tertiary/aromatic N) is 2. The van der Waals surface area contributed by atoms with Gasteiger partial charge in [-0.05, 0) is 48.9 Å². The van der Waals surface area contributed by atoms with Gasteiger partial charge in [0.15, 0.2) is 5.82 Å². The predicted octanol–water partition coefficient (Wildman–Crippen LogP) is 4.45. The van der Waals surface area contributed by atoms with Crippen molar-refractivity contribution in [1.29, 1.82) is 0 Å². The lowest BCUT2D eigenvalue weighted by molar-refractivity contribution is 0.474. The van der Waals surface area contributed by atoms with Crippen LogP contribution in [0.5, 0.6) is 5.75 Å². The standard InChI is InChI=1S/C20H17FN4O/c1-12-9-15-16(23-12)5-6-17(20(15)21)24-18-7-8-22-19(25-18)11-13-3-2-4-14(26)10-13/h2-10,23,26H,11H2,1H3,(H,22,24,25). The van der Waals surface area contributed by atoms with Crippen LogP contribution in [-0.2, 0) is 6.42 Å². The minimum absolute atomic E-state index is 0.203. The average molecular weight is 348 g/mol. The Morgan fingerprint density at radius 1 is 1.15 bits per heavy atom. The second-order valence-electron chi connectivity index (χ2n) is 6.17. The fourth-order valence-electron chi connectivity index (χ4n) is 2.95. The Bertz CT molecular complexity index is 1090. The van der Waals surface area contributed by atoms with Crippen LogP contribution in [0.3, 0.4) is 0 Å². The van der Waals surface area contributed by atoms with Gasteiger partial charge in [-0.2, -0.15) is 0 Å². The molecule has 6 heteroatoms. The maximum absolute atomic E-state index is 14.7. The van der Waals surface area contributed by atoms with Crippen LogP contribution in [0.2, 0.25) is 0 Å². The number of nitrogens with one attached hydrogen (secondary N) is 2. The third kappa shape index (κ3) is 3.21.